The molecule has 132 valence electrons. The van der Waals surface area contributed by atoms with E-state index in [-0.39, 0.29) is 11.7 Å². The molecule has 9 nitrogen and oxygen atoms in total. The summed E-state index contributed by atoms with van der Waals surface area (Å²) >= 11 is 0. The summed E-state index contributed by atoms with van der Waals surface area (Å²) in [5.74, 6) is 0. The molecule has 1 amide bonds. The number of anilines is 1. The van der Waals surface area contributed by atoms with E-state index in [0.717, 1.165) is 12.8 Å². The molecule has 1 unspecified atom stereocenters. The van der Waals surface area contributed by atoms with Crippen molar-refractivity contribution in [3.8, 4) is 0 Å². The second-order valence-electron chi connectivity index (χ2n) is 6.68. The fourth-order valence-corrected chi connectivity index (χ4v) is 2.56. The Morgan fingerprint density at radius 2 is 2.25 bits per heavy atom. The van der Waals surface area contributed by atoms with Gasteiger partial charge in [0.2, 0.25) is 0 Å². The van der Waals surface area contributed by atoms with Gasteiger partial charge < -0.3 is 9.64 Å². The SMILES string of the molecule is CC(C)(C)OC(=O)NNC1CCCN(c2cnccc2[N+](=O)[O-])C1. The van der Waals surface area contributed by atoms with Gasteiger partial charge in [-0.25, -0.2) is 10.2 Å². The Hall–Kier alpha value is -2.42. The third-order valence-electron chi connectivity index (χ3n) is 3.51. The number of nitrogens with one attached hydrogen (secondary N) is 2. The van der Waals surface area contributed by atoms with Crippen molar-refractivity contribution < 1.29 is 14.5 Å². The van der Waals surface area contributed by atoms with E-state index in [0.29, 0.717) is 18.8 Å². The maximum absolute atomic E-state index is 11.7. The lowest BCUT2D eigenvalue weighted by atomic mass is 10.1. The maximum atomic E-state index is 11.7. The number of hydrogen-bond donors (Lipinski definition) is 2. The number of nitro groups is 1. The van der Waals surface area contributed by atoms with E-state index in [1.807, 2.05) is 4.90 Å². The lowest BCUT2D eigenvalue weighted by Crippen LogP contribution is -2.53. The fourth-order valence-electron chi connectivity index (χ4n) is 2.56. The molecule has 1 aromatic heterocycles. The average Bonchev–Trinajstić information content (AvgIpc) is 2.51. The standard InChI is InChI=1S/C15H23N5O4/c1-15(2,3)24-14(21)18-17-11-5-4-8-19(10-11)13-9-16-7-6-12(13)20(22)23/h6-7,9,11,17H,4-5,8,10H2,1-3H3,(H,18,21). The van der Waals surface area contributed by atoms with Gasteiger partial charge in [0.25, 0.3) is 5.69 Å². The third kappa shape index (κ3) is 5.05. The van der Waals surface area contributed by atoms with Crippen LogP contribution in [0.15, 0.2) is 18.5 Å². The van der Waals surface area contributed by atoms with Crippen molar-refractivity contribution in [2.75, 3.05) is 18.0 Å². The van der Waals surface area contributed by atoms with E-state index in [2.05, 4.69) is 15.8 Å². The number of ether oxygens (including phenoxy) is 1. The summed E-state index contributed by atoms with van der Waals surface area (Å²) in [4.78, 5) is 28.3. The molecule has 1 saturated heterocycles. The zero-order chi connectivity index (χ0) is 17.7. The number of hydrazine groups is 1. The van der Waals surface area contributed by atoms with E-state index < -0.39 is 16.6 Å². The van der Waals surface area contributed by atoms with Gasteiger partial charge in [-0.05, 0) is 33.6 Å². The summed E-state index contributed by atoms with van der Waals surface area (Å²) in [7, 11) is 0. The van der Waals surface area contributed by atoms with Crippen molar-refractivity contribution in [3.05, 3.63) is 28.6 Å². The first-order valence-corrected chi connectivity index (χ1v) is 7.84. The molecule has 0 aromatic carbocycles. The largest absolute Gasteiger partial charge is 0.443 e. The molecule has 0 radical (unpaired) electrons. The number of carbonyl (C=O) groups is 1. The Morgan fingerprint density at radius 3 is 2.92 bits per heavy atom. The summed E-state index contributed by atoms with van der Waals surface area (Å²) in [5.41, 5.74) is 5.42. The molecule has 1 atom stereocenters. The predicted octanol–water partition coefficient (Wildman–Crippen LogP) is 1.99. The topological polar surface area (TPSA) is 110 Å². The van der Waals surface area contributed by atoms with Crippen LogP contribution in [0.25, 0.3) is 0 Å². The molecule has 2 heterocycles. The van der Waals surface area contributed by atoms with Gasteiger partial charge in [-0.1, -0.05) is 0 Å². The van der Waals surface area contributed by atoms with Crippen molar-refractivity contribution >= 4 is 17.5 Å². The lowest BCUT2D eigenvalue weighted by molar-refractivity contribution is -0.384. The van der Waals surface area contributed by atoms with Crippen LogP contribution < -0.4 is 15.8 Å². The van der Waals surface area contributed by atoms with Crippen molar-refractivity contribution in [3.63, 3.8) is 0 Å². The Morgan fingerprint density at radius 1 is 1.50 bits per heavy atom. The molecule has 0 spiro atoms. The highest BCUT2D eigenvalue weighted by molar-refractivity contribution is 5.67. The van der Waals surface area contributed by atoms with Crippen LogP contribution in [0.5, 0.6) is 0 Å². The predicted molar refractivity (Wildman–Crippen MR) is 88.6 cm³/mol. The number of piperidine rings is 1. The Kier molecular flexibility index (Phi) is 5.55. The molecular weight excluding hydrogens is 314 g/mol. The van der Waals surface area contributed by atoms with Crippen LogP contribution in [0.3, 0.4) is 0 Å². The van der Waals surface area contributed by atoms with Crippen molar-refractivity contribution in [1.29, 1.82) is 0 Å². The number of nitrogens with zero attached hydrogens (tertiary/aromatic N) is 3. The summed E-state index contributed by atoms with van der Waals surface area (Å²) in [5, 5.41) is 11.2. The second-order valence-corrected chi connectivity index (χ2v) is 6.68. The van der Waals surface area contributed by atoms with E-state index in [1.54, 1.807) is 20.8 Å². The molecule has 1 fully saturated rings. The van der Waals surface area contributed by atoms with Gasteiger partial charge in [0.1, 0.15) is 11.3 Å². The first-order chi connectivity index (χ1) is 11.3. The molecule has 2 rings (SSSR count). The molecule has 0 aliphatic carbocycles. The Balaban J connectivity index is 1.95. The molecular formula is C15H23N5O4. The summed E-state index contributed by atoms with van der Waals surface area (Å²) in [6.45, 7) is 6.60. The molecule has 9 heteroatoms. The zero-order valence-electron chi connectivity index (χ0n) is 14.1. The van der Waals surface area contributed by atoms with Gasteiger partial charge >= 0.3 is 6.09 Å². The Bertz CT molecular complexity index is 602. The number of carbonyl (C=O) groups excluding carboxylic acids is 1. The highest BCUT2D eigenvalue weighted by Crippen LogP contribution is 2.28. The van der Waals surface area contributed by atoms with Gasteiger partial charge in [0.15, 0.2) is 0 Å². The lowest BCUT2D eigenvalue weighted by Gasteiger charge is -2.34. The smallest absolute Gasteiger partial charge is 0.422 e. The minimum Gasteiger partial charge on any atom is -0.443 e. The third-order valence-corrected chi connectivity index (χ3v) is 3.51. The molecule has 1 aromatic rings. The van der Waals surface area contributed by atoms with Crippen LogP contribution in [0.2, 0.25) is 0 Å². The van der Waals surface area contributed by atoms with Crippen LogP contribution in [0.1, 0.15) is 33.6 Å². The quantitative estimate of drug-likeness (QED) is 0.638. The molecule has 24 heavy (non-hydrogen) atoms. The first kappa shape index (κ1) is 17.9. The van der Waals surface area contributed by atoms with Crippen LogP contribution in [-0.2, 0) is 4.74 Å². The number of rotatable bonds is 4. The second kappa shape index (κ2) is 7.43. The zero-order valence-corrected chi connectivity index (χ0v) is 14.1. The van der Waals surface area contributed by atoms with E-state index in [4.69, 9.17) is 4.74 Å². The maximum Gasteiger partial charge on any atom is 0.422 e. The van der Waals surface area contributed by atoms with Crippen LogP contribution >= 0.6 is 0 Å². The number of hydrogen-bond acceptors (Lipinski definition) is 7. The normalized spacial score (nSPS) is 18.1. The first-order valence-electron chi connectivity index (χ1n) is 7.84. The monoisotopic (exact) mass is 337 g/mol. The van der Waals surface area contributed by atoms with Crippen molar-refractivity contribution in [1.82, 2.24) is 15.8 Å². The summed E-state index contributed by atoms with van der Waals surface area (Å²) < 4.78 is 5.17. The molecule has 2 N–H and O–H groups in total. The molecule has 1 aliphatic rings. The van der Waals surface area contributed by atoms with Crippen LogP contribution in [-0.4, -0.2) is 40.7 Å². The highest BCUT2D eigenvalue weighted by atomic mass is 16.6. The average molecular weight is 337 g/mol. The number of amides is 1. The summed E-state index contributed by atoms with van der Waals surface area (Å²) in [6, 6.07) is 1.36. The number of pyridine rings is 1. The number of aromatic nitrogens is 1. The summed E-state index contributed by atoms with van der Waals surface area (Å²) in [6.07, 6.45) is 4.06. The van der Waals surface area contributed by atoms with Crippen molar-refractivity contribution in [2.45, 2.75) is 45.3 Å². The minimum atomic E-state index is -0.569. The van der Waals surface area contributed by atoms with Gasteiger partial charge in [-0.3, -0.25) is 20.5 Å². The van der Waals surface area contributed by atoms with Gasteiger partial charge in [0.05, 0.1) is 11.1 Å². The van der Waals surface area contributed by atoms with Gasteiger partial charge in [-0.2, -0.15) is 0 Å². The van der Waals surface area contributed by atoms with E-state index in [1.165, 1.54) is 18.5 Å². The highest BCUT2D eigenvalue weighted by Gasteiger charge is 2.26. The Labute approximate surface area is 140 Å². The molecule has 0 saturated carbocycles. The van der Waals surface area contributed by atoms with Crippen LogP contribution in [0, 0.1) is 10.1 Å². The van der Waals surface area contributed by atoms with Crippen molar-refractivity contribution in [2.24, 2.45) is 0 Å². The molecule has 0 bridgehead atoms. The molecule has 1 aliphatic heterocycles. The minimum absolute atomic E-state index is 0.0331. The van der Waals surface area contributed by atoms with E-state index >= 15 is 0 Å². The fraction of sp³-hybridized carbons (Fsp3) is 0.600. The van der Waals surface area contributed by atoms with Gasteiger partial charge in [0, 0.05) is 31.4 Å². The van der Waals surface area contributed by atoms with Gasteiger partial charge in [-0.15, -0.1) is 0 Å². The van der Waals surface area contributed by atoms with Crippen LogP contribution in [0.4, 0.5) is 16.2 Å². The van der Waals surface area contributed by atoms with E-state index in [9.17, 15) is 14.9 Å².